The van der Waals surface area contributed by atoms with Crippen molar-refractivity contribution < 1.29 is 4.74 Å². The van der Waals surface area contributed by atoms with Gasteiger partial charge >= 0.3 is 4.87 Å². The Kier molecular flexibility index (Phi) is 6.09. The van der Waals surface area contributed by atoms with Crippen LogP contribution in [0, 0.1) is 5.92 Å². The molecule has 3 rings (SSSR count). The fraction of sp³-hybridized carbons (Fsp3) is 0.632. The van der Waals surface area contributed by atoms with Gasteiger partial charge in [0.1, 0.15) is 0 Å². The molecule has 2 heterocycles. The first-order valence-corrected chi connectivity index (χ1v) is 9.92. The molecule has 1 aliphatic rings. The molecule has 1 aliphatic heterocycles. The molecule has 0 amide bonds. The van der Waals surface area contributed by atoms with Gasteiger partial charge in [-0.15, -0.1) is 0 Å². The van der Waals surface area contributed by atoms with Crippen LogP contribution in [-0.2, 0) is 11.2 Å². The lowest BCUT2D eigenvalue weighted by Crippen LogP contribution is -2.39. The van der Waals surface area contributed by atoms with Gasteiger partial charge in [-0.05, 0) is 43.2 Å². The number of hydrogen-bond acceptors (Lipinski definition) is 4. The molecule has 0 spiro atoms. The molecule has 2 aromatic rings. The maximum atomic E-state index is 11.6. The van der Waals surface area contributed by atoms with E-state index in [0.29, 0.717) is 12.0 Å². The van der Waals surface area contributed by atoms with Crippen molar-refractivity contribution >= 4 is 21.6 Å². The van der Waals surface area contributed by atoms with Gasteiger partial charge in [-0.1, -0.05) is 37.3 Å². The van der Waals surface area contributed by atoms with Gasteiger partial charge in [-0.3, -0.25) is 4.79 Å². The second-order valence-corrected chi connectivity index (χ2v) is 8.00. The molecule has 4 nitrogen and oxygen atoms in total. The van der Waals surface area contributed by atoms with Crippen LogP contribution in [0.5, 0.6) is 0 Å². The third-order valence-corrected chi connectivity index (χ3v) is 5.62. The van der Waals surface area contributed by atoms with E-state index >= 15 is 0 Å². The van der Waals surface area contributed by atoms with Crippen molar-refractivity contribution in [2.45, 2.75) is 45.6 Å². The SMILES string of the molecule is CCCOC1CCN(CC(C)Cc2cccc3sc(=O)[nH]c23)CC1. The summed E-state index contributed by atoms with van der Waals surface area (Å²) in [6.07, 6.45) is 4.88. The van der Waals surface area contributed by atoms with Crippen LogP contribution in [0.3, 0.4) is 0 Å². The number of benzene rings is 1. The Balaban J connectivity index is 1.52. The number of aromatic amines is 1. The van der Waals surface area contributed by atoms with Gasteiger partial charge in [0.2, 0.25) is 0 Å². The Hall–Kier alpha value is -1.17. The topological polar surface area (TPSA) is 45.3 Å². The average molecular weight is 349 g/mol. The van der Waals surface area contributed by atoms with Crippen molar-refractivity contribution in [2.24, 2.45) is 5.92 Å². The van der Waals surface area contributed by atoms with Gasteiger partial charge in [-0.25, -0.2) is 0 Å². The number of ether oxygens (including phenoxy) is 1. The largest absolute Gasteiger partial charge is 0.378 e. The number of likely N-dealkylation sites (tertiary alicyclic amines) is 1. The fourth-order valence-corrected chi connectivity index (χ4v) is 4.41. The summed E-state index contributed by atoms with van der Waals surface area (Å²) in [5.41, 5.74) is 2.30. The Labute approximate surface area is 147 Å². The zero-order chi connectivity index (χ0) is 16.9. The zero-order valence-corrected chi connectivity index (χ0v) is 15.5. The molecule has 0 radical (unpaired) electrons. The number of nitrogens with zero attached hydrogens (tertiary/aromatic N) is 1. The van der Waals surface area contributed by atoms with Crippen LogP contribution in [-0.4, -0.2) is 42.2 Å². The summed E-state index contributed by atoms with van der Waals surface area (Å²) < 4.78 is 6.94. The third-order valence-electron chi connectivity index (χ3n) is 4.77. The number of H-pyrrole nitrogens is 1. The summed E-state index contributed by atoms with van der Waals surface area (Å²) in [6, 6.07) is 6.23. The first-order valence-electron chi connectivity index (χ1n) is 9.10. The van der Waals surface area contributed by atoms with Crippen LogP contribution in [0.2, 0.25) is 0 Å². The van der Waals surface area contributed by atoms with E-state index in [0.717, 1.165) is 62.1 Å². The summed E-state index contributed by atoms with van der Waals surface area (Å²) in [4.78, 5) is 17.2. The second kappa shape index (κ2) is 8.28. The third kappa shape index (κ3) is 4.47. The number of hydrogen-bond donors (Lipinski definition) is 1. The number of fused-ring (bicyclic) bond motifs is 1. The normalized spacial score (nSPS) is 18.2. The van der Waals surface area contributed by atoms with Crippen molar-refractivity contribution in [3.8, 4) is 0 Å². The van der Waals surface area contributed by atoms with E-state index < -0.39 is 0 Å². The molecular weight excluding hydrogens is 320 g/mol. The molecule has 0 bridgehead atoms. The van der Waals surface area contributed by atoms with Crippen molar-refractivity contribution in [2.75, 3.05) is 26.2 Å². The van der Waals surface area contributed by atoms with Crippen molar-refractivity contribution in [3.05, 3.63) is 33.4 Å². The summed E-state index contributed by atoms with van der Waals surface area (Å²) in [6.45, 7) is 8.76. The quantitative estimate of drug-likeness (QED) is 0.830. The summed E-state index contributed by atoms with van der Waals surface area (Å²) in [5.74, 6) is 0.576. The lowest BCUT2D eigenvalue weighted by atomic mass is 9.98. The molecule has 0 saturated carbocycles. The molecule has 1 N–H and O–H groups in total. The van der Waals surface area contributed by atoms with E-state index in [1.54, 1.807) is 0 Å². The van der Waals surface area contributed by atoms with E-state index in [4.69, 9.17) is 4.74 Å². The predicted octanol–water partition coefficient (Wildman–Crippen LogP) is 3.66. The number of thiazole rings is 1. The van der Waals surface area contributed by atoms with Crippen LogP contribution in [0.1, 0.15) is 38.7 Å². The lowest BCUT2D eigenvalue weighted by molar-refractivity contribution is 0.00544. The zero-order valence-electron chi connectivity index (χ0n) is 14.7. The highest BCUT2D eigenvalue weighted by atomic mass is 32.1. The number of rotatable bonds is 7. The Morgan fingerprint density at radius 2 is 2.17 bits per heavy atom. The smallest absolute Gasteiger partial charge is 0.305 e. The molecule has 5 heteroatoms. The Bertz CT molecular complexity index is 701. The van der Waals surface area contributed by atoms with Crippen molar-refractivity contribution in [3.63, 3.8) is 0 Å². The minimum Gasteiger partial charge on any atom is -0.378 e. The maximum absolute atomic E-state index is 11.6. The second-order valence-electron chi connectivity index (χ2n) is 6.98. The summed E-state index contributed by atoms with van der Waals surface area (Å²) in [7, 11) is 0. The van der Waals surface area contributed by atoms with E-state index in [1.165, 1.54) is 16.9 Å². The fourth-order valence-electron chi connectivity index (χ4n) is 3.62. The van der Waals surface area contributed by atoms with Gasteiger partial charge in [0.15, 0.2) is 0 Å². The van der Waals surface area contributed by atoms with Crippen LogP contribution in [0.4, 0.5) is 0 Å². The van der Waals surface area contributed by atoms with Crippen LogP contribution < -0.4 is 4.87 Å². The van der Waals surface area contributed by atoms with Crippen LogP contribution >= 0.6 is 11.3 Å². The summed E-state index contributed by atoms with van der Waals surface area (Å²) in [5, 5.41) is 0. The standard InChI is InChI=1S/C19H28N2O2S/c1-3-11-23-16-7-9-21(10-8-16)13-14(2)12-15-5-4-6-17-18(15)20-19(22)24-17/h4-6,14,16H,3,7-13H2,1-2H3,(H,20,22). The van der Waals surface area contributed by atoms with Crippen LogP contribution in [0.15, 0.2) is 23.0 Å². The molecule has 1 saturated heterocycles. The first kappa shape index (κ1) is 17.6. The first-order chi connectivity index (χ1) is 11.7. The van der Waals surface area contributed by atoms with Crippen LogP contribution in [0.25, 0.3) is 10.2 Å². The van der Waals surface area contributed by atoms with Crippen molar-refractivity contribution in [1.82, 2.24) is 9.88 Å². The number of para-hydroxylation sites is 1. The molecular formula is C19H28N2O2S. The molecule has 1 aromatic heterocycles. The Morgan fingerprint density at radius 3 is 2.92 bits per heavy atom. The lowest BCUT2D eigenvalue weighted by Gasteiger charge is -2.33. The van der Waals surface area contributed by atoms with Gasteiger partial charge in [0, 0.05) is 26.2 Å². The maximum Gasteiger partial charge on any atom is 0.305 e. The van der Waals surface area contributed by atoms with E-state index in [2.05, 4.69) is 35.9 Å². The molecule has 1 unspecified atom stereocenters. The molecule has 1 fully saturated rings. The highest BCUT2D eigenvalue weighted by Crippen LogP contribution is 2.22. The predicted molar refractivity (Wildman–Crippen MR) is 101 cm³/mol. The highest BCUT2D eigenvalue weighted by Gasteiger charge is 2.21. The number of aromatic nitrogens is 1. The minimum absolute atomic E-state index is 0.0410. The van der Waals surface area contributed by atoms with Gasteiger partial charge in [-0.2, -0.15) is 0 Å². The molecule has 0 aliphatic carbocycles. The van der Waals surface area contributed by atoms with Gasteiger partial charge in [0.05, 0.1) is 16.3 Å². The Morgan fingerprint density at radius 1 is 1.38 bits per heavy atom. The van der Waals surface area contributed by atoms with E-state index in [1.807, 2.05) is 6.07 Å². The monoisotopic (exact) mass is 348 g/mol. The molecule has 24 heavy (non-hydrogen) atoms. The number of nitrogens with one attached hydrogen (secondary N) is 1. The van der Waals surface area contributed by atoms with E-state index in [-0.39, 0.29) is 4.87 Å². The molecule has 1 atom stereocenters. The van der Waals surface area contributed by atoms with E-state index in [9.17, 15) is 4.79 Å². The van der Waals surface area contributed by atoms with Gasteiger partial charge < -0.3 is 14.6 Å². The minimum atomic E-state index is 0.0410. The summed E-state index contributed by atoms with van der Waals surface area (Å²) >= 11 is 1.30. The van der Waals surface area contributed by atoms with Crippen molar-refractivity contribution in [1.29, 1.82) is 0 Å². The van der Waals surface area contributed by atoms with Gasteiger partial charge in [0.25, 0.3) is 0 Å². The average Bonchev–Trinajstić information content (AvgIpc) is 2.95. The highest BCUT2D eigenvalue weighted by molar-refractivity contribution is 7.16. The molecule has 1 aromatic carbocycles. The number of piperidine rings is 1. The molecule has 132 valence electrons.